The number of alkyl halides is 4. The molecular formula is C17H16F4N3O7P. The summed E-state index contributed by atoms with van der Waals surface area (Å²) < 4.78 is 90.1. The molecule has 2 aliphatic heterocycles. The zero-order chi connectivity index (χ0) is 23.3. The topological polar surface area (TPSA) is 135 Å². The molecular weight excluding hydrogens is 465 g/mol. The molecule has 174 valence electrons. The van der Waals surface area contributed by atoms with Crippen LogP contribution in [0.3, 0.4) is 0 Å². The van der Waals surface area contributed by atoms with Gasteiger partial charge in [-0.1, -0.05) is 18.2 Å². The van der Waals surface area contributed by atoms with Crippen molar-refractivity contribution < 1.29 is 45.5 Å². The van der Waals surface area contributed by atoms with Crippen LogP contribution in [0.5, 0.6) is 5.75 Å². The number of halogens is 4. The van der Waals surface area contributed by atoms with Crippen molar-refractivity contribution in [3.8, 4) is 5.75 Å². The highest BCUT2D eigenvalue weighted by atomic mass is 31.2. The summed E-state index contributed by atoms with van der Waals surface area (Å²) in [6, 6.07) is 7.16. The van der Waals surface area contributed by atoms with E-state index in [1.165, 1.54) is 6.07 Å². The molecule has 0 aliphatic carbocycles. The summed E-state index contributed by atoms with van der Waals surface area (Å²) in [5, 5.41) is 10.1. The van der Waals surface area contributed by atoms with Gasteiger partial charge in [0.25, 0.3) is 6.43 Å². The number of phosphoric ester groups is 1. The minimum absolute atomic E-state index is 0.0868. The maximum Gasteiger partial charge on any atom is 0.530 e. The van der Waals surface area contributed by atoms with E-state index in [9.17, 15) is 32.0 Å². The molecule has 4 unspecified atom stereocenters. The van der Waals surface area contributed by atoms with Gasteiger partial charge < -0.3 is 20.1 Å². The van der Waals surface area contributed by atoms with Crippen molar-refractivity contribution in [3.63, 3.8) is 0 Å². The van der Waals surface area contributed by atoms with Crippen LogP contribution in [0.1, 0.15) is 11.8 Å². The van der Waals surface area contributed by atoms with Gasteiger partial charge in [0.2, 0.25) is 6.23 Å². The molecule has 15 heteroatoms. The first-order chi connectivity index (χ1) is 15.0. The molecule has 32 heavy (non-hydrogen) atoms. The quantitative estimate of drug-likeness (QED) is 0.486. The number of nitrogen functional groups attached to an aromatic ring is 1. The Labute approximate surface area is 177 Å². The van der Waals surface area contributed by atoms with Gasteiger partial charge in [0.05, 0.1) is 13.2 Å². The summed E-state index contributed by atoms with van der Waals surface area (Å²) in [5.41, 5.74) is 1.09. The van der Waals surface area contributed by atoms with E-state index < -0.39 is 50.4 Å². The molecule has 0 saturated carbocycles. The Bertz CT molecular complexity index is 1130. The second kappa shape index (κ2) is 7.81. The van der Waals surface area contributed by atoms with Crippen LogP contribution in [0.15, 0.2) is 41.3 Å². The van der Waals surface area contributed by atoms with E-state index in [1.54, 1.807) is 18.2 Å². The molecule has 1 fully saturated rings. The second-order valence-electron chi connectivity index (χ2n) is 7.04. The van der Waals surface area contributed by atoms with Crippen molar-refractivity contribution in [2.45, 2.75) is 36.9 Å². The van der Waals surface area contributed by atoms with E-state index in [0.29, 0.717) is 5.56 Å². The standard InChI is InChI=1S/C17H16F4N3O7P/c18-13(19)16(8-29-32(27)28-7-9-3-1-2-4-10(9)31-32)12(25)17(20,21)14(30-16)24-6-5-11(22)23-15(24)26/h1-6,12-14,25H,7-8H2,(H2,22,23,26). The van der Waals surface area contributed by atoms with Crippen LogP contribution in [-0.4, -0.2) is 45.3 Å². The number of benzene rings is 1. The van der Waals surface area contributed by atoms with Gasteiger partial charge in [-0.05, 0) is 12.1 Å². The Morgan fingerprint density at radius 2 is 2.06 bits per heavy atom. The summed E-state index contributed by atoms with van der Waals surface area (Å²) in [6.07, 6.45) is -8.83. The van der Waals surface area contributed by atoms with Crippen LogP contribution in [0.4, 0.5) is 23.4 Å². The number of anilines is 1. The Balaban J connectivity index is 1.62. The molecule has 0 radical (unpaired) electrons. The highest BCUT2D eigenvalue weighted by molar-refractivity contribution is 7.49. The summed E-state index contributed by atoms with van der Waals surface area (Å²) in [5.74, 6) is -4.61. The molecule has 4 rings (SSSR count). The number of nitrogens with zero attached hydrogens (tertiary/aromatic N) is 2. The first-order valence-corrected chi connectivity index (χ1v) is 10.5. The van der Waals surface area contributed by atoms with Gasteiger partial charge in [0, 0.05) is 11.8 Å². The molecule has 1 saturated heterocycles. The third-order valence-electron chi connectivity index (χ3n) is 4.97. The normalized spacial score (nSPS) is 31.3. The van der Waals surface area contributed by atoms with Crippen molar-refractivity contribution >= 4 is 13.6 Å². The number of hydrogen-bond acceptors (Lipinski definition) is 9. The van der Waals surface area contributed by atoms with Crippen LogP contribution < -0.4 is 15.9 Å². The van der Waals surface area contributed by atoms with Gasteiger partial charge in [0.1, 0.15) is 11.6 Å². The van der Waals surface area contributed by atoms with Gasteiger partial charge in [-0.25, -0.2) is 18.1 Å². The van der Waals surface area contributed by atoms with Gasteiger partial charge in [-0.3, -0.25) is 13.6 Å². The molecule has 3 N–H and O–H groups in total. The lowest BCUT2D eigenvalue weighted by atomic mass is 9.96. The van der Waals surface area contributed by atoms with Gasteiger partial charge in [-0.15, -0.1) is 0 Å². The minimum atomic E-state index is -4.52. The minimum Gasteiger partial charge on any atom is -0.404 e. The number of para-hydroxylation sites is 1. The molecule has 4 atom stereocenters. The van der Waals surface area contributed by atoms with Crippen molar-refractivity contribution in [1.82, 2.24) is 9.55 Å². The van der Waals surface area contributed by atoms with Crippen LogP contribution in [0, 0.1) is 0 Å². The first-order valence-electron chi connectivity index (χ1n) is 9.02. The molecule has 3 heterocycles. The van der Waals surface area contributed by atoms with Gasteiger partial charge in [-0.2, -0.15) is 13.8 Å². The Hall–Kier alpha value is -2.51. The Morgan fingerprint density at radius 3 is 2.75 bits per heavy atom. The molecule has 0 bridgehead atoms. The average molecular weight is 481 g/mol. The smallest absolute Gasteiger partial charge is 0.404 e. The van der Waals surface area contributed by atoms with E-state index in [4.69, 9.17) is 24.0 Å². The van der Waals surface area contributed by atoms with E-state index in [2.05, 4.69) is 4.98 Å². The summed E-state index contributed by atoms with van der Waals surface area (Å²) in [6.45, 7) is -1.77. The van der Waals surface area contributed by atoms with Gasteiger partial charge in [0.15, 0.2) is 11.7 Å². The number of phosphoric acid groups is 1. The maximum absolute atomic E-state index is 14.8. The first kappa shape index (κ1) is 22.7. The number of hydrogen-bond donors (Lipinski definition) is 2. The number of aliphatic hydroxyl groups is 1. The van der Waals surface area contributed by atoms with Crippen molar-refractivity contribution in [1.29, 1.82) is 0 Å². The molecule has 2 aromatic rings. The van der Waals surface area contributed by atoms with E-state index in [1.807, 2.05) is 0 Å². The third kappa shape index (κ3) is 3.67. The van der Waals surface area contributed by atoms with Crippen molar-refractivity contribution in [2.75, 3.05) is 12.3 Å². The predicted octanol–water partition coefficient (Wildman–Crippen LogP) is 2.09. The van der Waals surface area contributed by atoms with E-state index >= 15 is 0 Å². The van der Waals surface area contributed by atoms with Crippen LogP contribution in [0.2, 0.25) is 0 Å². The third-order valence-corrected chi connectivity index (χ3v) is 6.28. The second-order valence-corrected chi connectivity index (χ2v) is 8.63. The lowest BCUT2D eigenvalue weighted by molar-refractivity contribution is -0.194. The predicted molar refractivity (Wildman–Crippen MR) is 98.1 cm³/mol. The molecule has 0 amide bonds. The summed E-state index contributed by atoms with van der Waals surface area (Å²) in [7, 11) is -4.52. The average Bonchev–Trinajstić information content (AvgIpc) is 2.94. The summed E-state index contributed by atoms with van der Waals surface area (Å²) in [4.78, 5) is 15.2. The zero-order valence-electron chi connectivity index (χ0n) is 15.9. The number of ether oxygens (including phenoxy) is 1. The monoisotopic (exact) mass is 481 g/mol. The number of aliphatic hydroxyl groups excluding tert-OH is 1. The molecule has 0 spiro atoms. The lowest BCUT2D eigenvalue weighted by Crippen LogP contribution is -2.54. The summed E-state index contributed by atoms with van der Waals surface area (Å²) >= 11 is 0. The highest BCUT2D eigenvalue weighted by Gasteiger charge is 2.71. The molecule has 2 aliphatic rings. The number of rotatable bonds is 5. The van der Waals surface area contributed by atoms with E-state index in [-0.39, 0.29) is 22.7 Å². The Morgan fingerprint density at radius 1 is 1.34 bits per heavy atom. The van der Waals surface area contributed by atoms with E-state index in [0.717, 1.165) is 12.3 Å². The lowest BCUT2D eigenvalue weighted by Gasteiger charge is -2.32. The molecule has 1 aromatic heterocycles. The fourth-order valence-corrected chi connectivity index (χ4v) is 4.51. The highest BCUT2D eigenvalue weighted by Crippen LogP contribution is 2.57. The van der Waals surface area contributed by atoms with Crippen molar-refractivity contribution in [3.05, 3.63) is 52.6 Å². The largest absolute Gasteiger partial charge is 0.530 e. The van der Waals surface area contributed by atoms with Crippen LogP contribution >= 0.6 is 7.82 Å². The molecule has 10 nitrogen and oxygen atoms in total. The van der Waals surface area contributed by atoms with Gasteiger partial charge >= 0.3 is 19.4 Å². The fraction of sp³-hybridized carbons (Fsp3) is 0.412. The Kier molecular flexibility index (Phi) is 5.54. The number of nitrogens with two attached hydrogens (primary N) is 1. The SMILES string of the molecule is Nc1ccn(C2OC(COP3(=O)OCc4ccccc4O3)(C(F)F)C(O)C2(F)F)c(=O)n1. The van der Waals surface area contributed by atoms with Crippen LogP contribution in [0.25, 0.3) is 0 Å². The number of fused-ring (bicyclic) bond motifs is 1. The maximum atomic E-state index is 14.8. The molecule has 1 aromatic carbocycles. The fourth-order valence-electron chi connectivity index (χ4n) is 3.26. The van der Waals surface area contributed by atoms with Crippen molar-refractivity contribution in [2.24, 2.45) is 0 Å². The zero-order valence-corrected chi connectivity index (χ0v) is 16.8. The number of aromatic nitrogens is 2. The van der Waals surface area contributed by atoms with Crippen LogP contribution in [-0.2, 0) is 25.0 Å².